The first kappa shape index (κ1) is 24.0. The van der Waals surface area contributed by atoms with Gasteiger partial charge >= 0.3 is 0 Å². The number of fused-ring (bicyclic) bond motifs is 1. The molecule has 180 valence electrons. The van der Waals surface area contributed by atoms with Crippen molar-refractivity contribution in [3.8, 4) is 23.4 Å². The third kappa shape index (κ3) is 4.34. The van der Waals surface area contributed by atoms with Gasteiger partial charge in [-0.3, -0.25) is 0 Å². The molecule has 4 aromatic rings. The van der Waals surface area contributed by atoms with Gasteiger partial charge in [0.15, 0.2) is 0 Å². The highest BCUT2D eigenvalue weighted by Gasteiger charge is 2.37. The second kappa shape index (κ2) is 9.73. The normalized spacial score (nSPS) is 14.7. The van der Waals surface area contributed by atoms with Gasteiger partial charge in [0.25, 0.3) is 0 Å². The minimum atomic E-state index is -0.531. The first-order valence-corrected chi connectivity index (χ1v) is 12.4. The van der Waals surface area contributed by atoms with Crippen LogP contribution < -0.4 is 15.2 Å². The standard InChI is InChI=1S/C28H22BrClN4O2/c1-16-6-5-8-20(12-16)34-28-25(17(2)33-34)26(22(14-31)27(32)36-28)21-13-19(29)10-11-24(21)35-15-18-7-3-4-9-23(18)30/h3-13,26H,15,32H2,1-2H3/t26-/m1/s1. The van der Waals surface area contributed by atoms with Crippen LogP contribution in [0.1, 0.15) is 33.9 Å². The minimum Gasteiger partial charge on any atom is -0.489 e. The quantitative estimate of drug-likeness (QED) is 0.293. The van der Waals surface area contributed by atoms with Crippen LogP contribution in [0.25, 0.3) is 5.69 Å². The van der Waals surface area contributed by atoms with Crippen molar-refractivity contribution in [1.29, 1.82) is 5.26 Å². The van der Waals surface area contributed by atoms with Gasteiger partial charge in [0, 0.05) is 20.6 Å². The number of hydrogen-bond donors (Lipinski definition) is 1. The molecule has 0 saturated heterocycles. The number of rotatable bonds is 5. The van der Waals surface area contributed by atoms with Crippen LogP contribution in [0.15, 0.2) is 82.7 Å². The van der Waals surface area contributed by atoms with Gasteiger partial charge in [-0.05, 0) is 55.8 Å². The Morgan fingerprint density at radius 1 is 1.14 bits per heavy atom. The first-order valence-electron chi connectivity index (χ1n) is 11.3. The molecule has 6 nitrogen and oxygen atoms in total. The molecule has 1 aliphatic rings. The number of aryl methyl sites for hydroxylation is 2. The summed E-state index contributed by atoms with van der Waals surface area (Å²) in [6.45, 7) is 4.19. The molecule has 0 radical (unpaired) electrons. The van der Waals surface area contributed by atoms with Crippen molar-refractivity contribution in [2.45, 2.75) is 26.4 Å². The molecule has 1 aromatic heterocycles. The van der Waals surface area contributed by atoms with Gasteiger partial charge in [-0.25, -0.2) is 4.68 Å². The molecule has 0 saturated carbocycles. The number of aromatic nitrogens is 2. The third-order valence-corrected chi connectivity index (χ3v) is 6.96. The van der Waals surface area contributed by atoms with Gasteiger partial charge in [-0.2, -0.15) is 10.4 Å². The van der Waals surface area contributed by atoms with Crippen LogP contribution in [0, 0.1) is 25.2 Å². The Hall–Kier alpha value is -3.73. The predicted octanol–water partition coefficient (Wildman–Crippen LogP) is 6.70. The number of halogens is 2. The molecular formula is C28H22BrClN4O2. The molecule has 0 bridgehead atoms. The van der Waals surface area contributed by atoms with E-state index >= 15 is 0 Å². The van der Waals surface area contributed by atoms with Crippen LogP contribution in [0.4, 0.5) is 0 Å². The lowest BCUT2D eigenvalue weighted by molar-refractivity contribution is 0.301. The SMILES string of the molecule is Cc1cccc(-n2nc(C)c3c2OC(N)=C(C#N)[C@H]3c2cc(Br)ccc2OCc2ccccc2Cl)c1. The van der Waals surface area contributed by atoms with Gasteiger partial charge in [0.05, 0.1) is 22.9 Å². The molecule has 1 atom stereocenters. The van der Waals surface area contributed by atoms with Crippen molar-refractivity contribution in [2.75, 3.05) is 0 Å². The van der Waals surface area contributed by atoms with Crippen LogP contribution in [0.2, 0.25) is 5.02 Å². The van der Waals surface area contributed by atoms with Crippen LogP contribution in [-0.2, 0) is 6.61 Å². The number of nitriles is 1. The van der Waals surface area contributed by atoms with Gasteiger partial charge in [-0.1, -0.05) is 57.9 Å². The predicted molar refractivity (Wildman–Crippen MR) is 142 cm³/mol. The molecule has 0 unspecified atom stereocenters. The number of nitrogens with two attached hydrogens (primary N) is 1. The Labute approximate surface area is 222 Å². The van der Waals surface area contributed by atoms with Crippen molar-refractivity contribution in [3.63, 3.8) is 0 Å². The molecule has 5 rings (SSSR count). The second-order valence-electron chi connectivity index (χ2n) is 8.54. The smallest absolute Gasteiger partial charge is 0.229 e. The lowest BCUT2D eigenvalue weighted by Gasteiger charge is -2.26. The Kier molecular flexibility index (Phi) is 6.48. The zero-order chi connectivity index (χ0) is 25.4. The fourth-order valence-electron chi connectivity index (χ4n) is 4.41. The summed E-state index contributed by atoms with van der Waals surface area (Å²) in [5.41, 5.74) is 11.7. The van der Waals surface area contributed by atoms with Gasteiger partial charge in [-0.15, -0.1) is 0 Å². The average Bonchev–Trinajstić information content (AvgIpc) is 3.19. The van der Waals surface area contributed by atoms with Crippen molar-refractivity contribution in [2.24, 2.45) is 5.73 Å². The zero-order valence-corrected chi connectivity index (χ0v) is 22.0. The summed E-state index contributed by atoms with van der Waals surface area (Å²) in [6, 6.07) is 23.5. The van der Waals surface area contributed by atoms with E-state index in [2.05, 4.69) is 22.0 Å². The van der Waals surface area contributed by atoms with Crippen molar-refractivity contribution >= 4 is 27.5 Å². The van der Waals surface area contributed by atoms with E-state index in [9.17, 15) is 5.26 Å². The van der Waals surface area contributed by atoms with E-state index in [-0.39, 0.29) is 12.5 Å². The van der Waals surface area contributed by atoms with Crippen molar-refractivity contribution in [1.82, 2.24) is 9.78 Å². The van der Waals surface area contributed by atoms with Crippen molar-refractivity contribution < 1.29 is 9.47 Å². The molecule has 0 spiro atoms. The summed E-state index contributed by atoms with van der Waals surface area (Å²) in [7, 11) is 0. The second-order valence-corrected chi connectivity index (χ2v) is 9.86. The fourth-order valence-corrected chi connectivity index (χ4v) is 4.98. The number of hydrogen-bond acceptors (Lipinski definition) is 5. The molecule has 0 amide bonds. The largest absolute Gasteiger partial charge is 0.489 e. The Balaban J connectivity index is 1.65. The van der Waals surface area contributed by atoms with E-state index < -0.39 is 5.92 Å². The van der Waals surface area contributed by atoms with E-state index in [0.717, 1.165) is 38.1 Å². The maximum absolute atomic E-state index is 10.1. The van der Waals surface area contributed by atoms with E-state index in [1.807, 2.05) is 80.6 Å². The van der Waals surface area contributed by atoms with E-state index in [4.69, 9.17) is 31.9 Å². The number of allylic oxidation sites excluding steroid dienone is 1. The van der Waals surface area contributed by atoms with Gasteiger partial charge < -0.3 is 15.2 Å². The fraction of sp³-hybridized carbons (Fsp3) is 0.143. The summed E-state index contributed by atoms with van der Waals surface area (Å²) in [5.74, 6) is 0.604. The molecule has 8 heteroatoms. The van der Waals surface area contributed by atoms with Gasteiger partial charge in [0.2, 0.25) is 11.8 Å². The third-order valence-electron chi connectivity index (χ3n) is 6.10. The van der Waals surface area contributed by atoms with Crippen LogP contribution in [0.3, 0.4) is 0 Å². The zero-order valence-electron chi connectivity index (χ0n) is 19.6. The monoisotopic (exact) mass is 560 g/mol. The Morgan fingerprint density at radius 3 is 2.69 bits per heavy atom. The number of nitrogens with zero attached hydrogens (tertiary/aromatic N) is 3. The maximum Gasteiger partial charge on any atom is 0.229 e. The minimum absolute atomic E-state index is 0.0424. The van der Waals surface area contributed by atoms with Crippen LogP contribution in [0.5, 0.6) is 11.6 Å². The maximum atomic E-state index is 10.1. The number of benzene rings is 3. The van der Waals surface area contributed by atoms with E-state index in [1.54, 1.807) is 4.68 Å². The molecular weight excluding hydrogens is 540 g/mol. The lowest BCUT2D eigenvalue weighted by atomic mass is 9.83. The average molecular weight is 562 g/mol. The molecule has 0 fully saturated rings. The molecule has 0 aliphatic carbocycles. The number of ether oxygens (including phenoxy) is 2. The molecule has 1 aliphatic heterocycles. The summed E-state index contributed by atoms with van der Waals surface area (Å²) in [6.07, 6.45) is 0. The highest BCUT2D eigenvalue weighted by atomic mass is 79.9. The summed E-state index contributed by atoms with van der Waals surface area (Å²) < 4.78 is 14.8. The molecule has 2 N–H and O–H groups in total. The Morgan fingerprint density at radius 2 is 1.94 bits per heavy atom. The molecule has 2 heterocycles. The topological polar surface area (TPSA) is 86.1 Å². The van der Waals surface area contributed by atoms with E-state index in [1.165, 1.54) is 0 Å². The highest BCUT2D eigenvalue weighted by molar-refractivity contribution is 9.10. The van der Waals surface area contributed by atoms with Crippen molar-refractivity contribution in [3.05, 3.63) is 116 Å². The highest BCUT2D eigenvalue weighted by Crippen LogP contribution is 2.47. The lowest BCUT2D eigenvalue weighted by Crippen LogP contribution is -2.22. The summed E-state index contributed by atoms with van der Waals surface area (Å²) >= 11 is 9.92. The Bertz CT molecular complexity index is 1550. The van der Waals surface area contributed by atoms with Gasteiger partial charge in [0.1, 0.15) is 24.0 Å². The summed E-state index contributed by atoms with van der Waals surface area (Å²) in [5, 5.41) is 15.5. The van der Waals surface area contributed by atoms with E-state index in [0.29, 0.717) is 22.2 Å². The summed E-state index contributed by atoms with van der Waals surface area (Å²) in [4.78, 5) is 0. The van der Waals surface area contributed by atoms with Crippen LogP contribution in [-0.4, -0.2) is 9.78 Å². The molecule has 3 aromatic carbocycles. The molecule has 36 heavy (non-hydrogen) atoms. The first-order chi connectivity index (χ1) is 17.4. The van der Waals surface area contributed by atoms with Crippen LogP contribution >= 0.6 is 27.5 Å².